The average Bonchev–Trinajstić information content (AvgIpc) is 2.64. The Kier molecular flexibility index (Phi) is 12.8. The van der Waals surface area contributed by atoms with E-state index in [1.54, 1.807) is 22.6 Å². The Hall–Kier alpha value is 1.38. The molecule has 2 aromatic rings. The molecule has 16 heteroatoms. The standard InChI is InChI=1S/2C8H2Cl3I2NO2/c9-3-1(7(10)15)4(12)2(8(11)16)5(13)6(3)14;9-3-1(7(10)15)4(12)6(14)5(13)2(3)8(11)16/h2*14H2. The number of hydrogen-bond acceptors (Lipinski definition) is 6. The first-order valence-electron chi connectivity index (χ1n) is 7.28. The summed E-state index contributed by atoms with van der Waals surface area (Å²) in [6.07, 6.45) is 0. The van der Waals surface area contributed by atoms with E-state index in [9.17, 15) is 19.2 Å². The lowest BCUT2D eigenvalue weighted by Crippen LogP contribution is -2.09. The monoisotopic (exact) mass is 1010 g/mol. The Balaban J connectivity index is 0.000000320. The molecule has 6 nitrogen and oxygen atoms in total. The molecular formula is C16H4Cl6I4N2O4. The van der Waals surface area contributed by atoms with E-state index in [-0.39, 0.29) is 43.7 Å². The molecule has 172 valence electrons. The van der Waals surface area contributed by atoms with Crippen LogP contribution in [0.25, 0.3) is 0 Å². The third kappa shape index (κ3) is 6.78. The van der Waals surface area contributed by atoms with Gasteiger partial charge in [0, 0.05) is 3.57 Å². The summed E-state index contributed by atoms with van der Waals surface area (Å²) in [7, 11) is 0. The first-order chi connectivity index (χ1) is 14.6. The number of anilines is 2. The van der Waals surface area contributed by atoms with E-state index in [0.29, 0.717) is 14.3 Å². The van der Waals surface area contributed by atoms with Crippen molar-refractivity contribution < 1.29 is 19.2 Å². The van der Waals surface area contributed by atoms with Gasteiger partial charge in [-0.1, -0.05) is 23.2 Å². The number of nitrogen functional groups attached to an aromatic ring is 2. The number of carbonyl (C=O) groups is 4. The van der Waals surface area contributed by atoms with Crippen LogP contribution >= 0.6 is 160 Å². The molecule has 0 amide bonds. The molecule has 0 aliphatic rings. The maximum absolute atomic E-state index is 11.2. The van der Waals surface area contributed by atoms with E-state index >= 15 is 0 Å². The van der Waals surface area contributed by atoms with Crippen molar-refractivity contribution in [3.63, 3.8) is 0 Å². The Morgan fingerprint density at radius 3 is 1.09 bits per heavy atom. The highest BCUT2D eigenvalue weighted by molar-refractivity contribution is 14.1. The third-order valence-corrected chi connectivity index (χ3v) is 9.45. The maximum atomic E-state index is 11.2. The first-order valence-corrected chi connectivity index (χ1v) is 13.9. The molecule has 0 spiro atoms. The Morgan fingerprint density at radius 1 is 0.500 bits per heavy atom. The molecule has 0 unspecified atom stereocenters. The van der Waals surface area contributed by atoms with Crippen molar-refractivity contribution in [1.82, 2.24) is 0 Å². The van der Waals surface area contributed by atoms with Gasteiger partial charge in [-0.25, -0.2) is 0 Å². The number of hydrogen-bond donors (Lipinski definition) is 2. The van der Waals surface area contributed by atoms with Gasteiger partial charge in [-0.2, -0.15) is 0 Å². The van der Waals surface area contributed by atoms with Crippen LogP contribution in [0.1, 0.15) is 41.4 Å². The zero-order valence-electron chi connectivity index (χ0n) is 14.6. The lowest BCUT2D eigenvalue weighted by atomic mass is 10.1. The Morgan fingerprint density at radius 2 is 0.781 bits per heavy atom. The van der Waals surface area contributed by atoms with Crippen LogP contribution in [0.5, 0.6) is 0 Å². The highest BCUT2D eigenvalue weighted by Crippen LogP contribution is 2.38. The molecule has 0 aliphatic carbocycles. The molecule has 4 N–H and O–H groups in total. The van der Waals surface area contributed by atoms with Gasteiger partial charge in [-0.05, 0) is 137 Å². The second-order valence-electron chi connectivity index (χ2n) is 5.31. The van der Waals surface area contributed by atoms with Gasteiger partial charge in [0.1, 0.15) is 0 Å². The number of rotatable bonds is 4. The van der Waals surface area contributed by atoms with Crippen LogP contribution in [-0.4, -0.2) is 21.0 Å². The van der Waals surface area contributed by atoms with Gasteiger partial charge >= 0.3 is 0 Å². The summed E-state index contributed by atoms with van der Waals surface area (Å²) in [6, 6.07) is 0. The maximum Gasteiger partial charge on any atom is 0.255 e. The van der Waals surface area contributed by atoms with Crippen LogP contribution in [0.3, 0.4) is 0 Å². The minimum atomic E-state index is -0.781. The van der Waals surface area contributed by atoms with Crippen LogP contribution in [-0.2, 0) is 0 Å². The SMILES string of the molecule is Nc1c(Cl)c(C(=O)Cl)c(I)c(C(=O)Cl)c1I.Nc1c(I)c(C(=O)Cl)c(Cl)c(C(=O)Cl)c1I. The highest BCUT2D eigenvalue weighted by atomic mass is 127. The van der Waals surface area contributed by atoms with E-state index in [2.05, 4.69) is 0 Å². The van der Waals surface area contributed by atoms with Crippen LogP contribution in [0.15, 0.2) is 0 Å². The van der Waals surface area contributed by atoms with Gasteiger partial charge in [-0.3, -0.25) is 19.2 Å². The Labute approximate surface area is 265 Å². The summed E-state index contributed by atoms with van der Waals surface area (Å²) in [5.74, 6) is 0. The van der Waals surface area contributed by atoms with Gasteiger partial charge in [0.15, 0.2) is 0 Å². The zero-order valence-corrected chi connectivity index (χ0v) is 27.7. The van der Waals surface area contributed by atoms with E-state index < -0.39 is 21.0 Å². The predicted molar refractivity (Wildman–Crippen MR) is 163 cm³/mol. The molecule has 0 aliphatic heterocycles. The van der Waals surface area contributed by atoms with Gasteiger partial charge in [0.2, 0.25) is 0 Å². The van der Waals surface area contributed by atoms with Crippen LogP contribution < -0.4 is 11.5 Å². The predicted octanol–water partition coefficient (Wildman–Crippen LogP) is 7.78. The summed E-state index contributed by atoms with van der Waals surface area (Å²) in [5, 5.41) is -3.08. The fourth-order valence-corrected chi connectivity index (χ4v) is 9.44. The van der Waals surface area contributed by atoms with Crippen LogP contribution in [0.4, 0.5) is 11.4 Å². The summed E-state index contributed by atoms with van der Waals surface area (Å²) in [6.45, 7) is 0. The third-order valence-electron chi connectivity index (χ3n) is 3.49. The summed E-state index contributed by atoms with van der Waals surface area (Å²) >= 11 is 40.6. The van der Waals surface area contributed by atoms with Crippen molar-refractivity contribution in [1.29, 1.82) is 0 Å². The summed E-state index contributed by atoms with van der Waals surface area (Å²) in [5.41, 5.74) is 11.9. The van der Waals surface area contributed by atoms with Crippen molar-refractivity contribution in [2.45, 2.75) is 0 Å². The molecule has 0 saturated carbocycles. The zero-order chi connectivity index (χ0) is 25.2. The second-order valence-corrected chi connectivity index (χ2v) is 11.8. The van der Waals surface area contributed by atoms with Crippen LogP contribution in [0.2, 0.25) is 10.0 Å². The topological polar surface area (TPSA) is 120 Å². The quantitative estimate of drug-likeness (QED) is 0.184. The first kappa shape index (κ1) is 31.4. The summed E-state index contributed by atoms with van der Waals surface area (Å²) in [4.78, 5) is 44.8. The van der Waals surface area contributed by atoms with Crippen molar-refractivity contribution in [3.8, 4) is 0 Å². The molecule has 0 saturated heterocycles. The molecule has 0 fully saturated rings. The normalized spacial score (nSPS) is 10.3. The van der Waals surface area contributed by atoms with Gasteiger partial charge in [-0.15, -0.1) is 0 Å². The lowest BCUT2D eigenvalue weighted by Gasteiger charge is -2.12. The Bertz CT molecular complexity index is 1020. The molecule has 0 heterocycles. The van der Waals surface area contributed by atoms with Gasteiger partial charge in [0.25, 0.3) is 21.0 Å². The molecule has 2 rings (SSSR count). The van der Waals surface area contributed by atoms with Crippen LogP contribution in [0, 0.1) is 14.3 Å². The smallest absolute Gasteiger partial charge is 0.255 e. The van der Waals surface area contributed by atoms with Gasteiger partial charge in [0.05, 0.1) is 54.4 Å². The lowest BCUT2D eigenvalue weighted by molar-refractivity contribution is 0.106. The highest BCUT2D eigenvalue weighted by Gasteiger charge is 2.26. The summed E-state index contributed by atoms with van der Waals surface area (Å²) < 4.78 is 1.54. The van der Waals surface area contributed by atoms with Crippen molar-refractivity contribution >= 4 is 192 Å². The number of halogens is 10. The minimum Gasteiger partial charge on any atom is -0.397 e. The molecule has 0 atom stereocenters. The minimum absolute atomic E-state index is 0.00542. The number of carbonyl (C=O) groups excluding carboxylic acids is 4. The van der Waals surface area contributed by atoms with E-state index in [1.165, 1.54) is 0 Å². The fraction of sp³-hybridized carbons (Fsp3) is 0. The average molecular weight is 1010 g/mol. The van der Waals surface area contributed by atoms with Crippen molar-refractivity contribution in [3.05, 3.63) is 46.6 Å². The van der Waals surface area contributed by atoms with E-state index in [0.717, 1.165) is 0 Å². The van der Waals surface area contributed by atoms with E-state index in [4.69, 9.17) is 81.1 Å². The fourth-order valence-electron chi connectivity index (χ4n) is 2.06. The molecule has 0 aromatic heterocycles. The largest absolute Gasteiger partial charge is 0.397 e. The molecular weight excluding hydrogens is 1000 g/mol. The molecule has 2 aromatic carbocycles. The number of benzene rings is 2. The second kappa shape index (κ2) is 13.1. The van der Waals surface area contributed by atoms with Gasteiger partial charge < -0.3 is 11.5 Å². The molecule has 32 heavy (non-hydrogen) atoms. The molecule has 0 bridgehead atoms. The van der Waals surface area contributed by atoms with Crippen molar-refractivity contribution in [2.75, 3.05) is 11.5 Å². The molecule has 0 radical (unpaired) electrons. The number of nitrogens with two attached hydrogens (primary N) is 2. The van der Waals surface area contributed by atoms with E-state index in [1.807, 2.05) is 67.8 Å². The van der Waals surface area contributed by atoms with Crippen molar-refractivity contribution in [2.24, 2.45) is 0 Å².